The SMILES string of the molecule is CC(CNc1cc([C@H]2CC[C@@H](N(C(=O)O)C3(C)CC3)C2)n[nH]1)c1ccc(N2CCCC2=O)c(Cl)c1. The largest absolute Gasteiger partial charge is 0.465 e. The van der Waals surface area contributed by atoms with Crippen LogP contribution in [-0.4, -0.2) is 56.9 Å². The second-order valence-electron chi connectivity index (χ2n) is 10.7. The summed E-state index contributed by atoms with van der Waals surface area (Å²) < 4.78 is 0. The lowest BCUT2D eigenvalue weighted by atomic mass is 10.0. The first-order valence-corrected chi connectivity index (χ1v) is 13.0. The lowest BCUT2D eigenvalue weighted by Crippen LogP contribution is -2.45. The van der Waals surface area contributed by atoms with Crippen molar-refractivity contribution in [3.63, 3.8) is 0 Å². The highest BCUT2D eigenvalue weighted by Crippen LogP contribution is 2.47. The second kappa shape index (κ2) is 9.37. The number of aromatic amines is 1. The highest BCUT2D eigenvalue weighted by Gasteiger charge is 2.50. The van der Waals surface area contributed by atoms with E-state index in [0.717, 1.165) is 67.8 Å². The zero-order valence-electron chi connectivity index (χ0n) is 20.4. The molecule has 0 radical (unpaired) electrons. The first kappa shape index (κ1) is 24.0. The maximum atomic E-state index is 12.0. The summed E-state index contributed by atoms with van der Waals surface area (Å²) >= 11 is 6.53. The Morgan fingerprint density at radius 1 is 1.37 bits per heavy atom. The molecule has 1 unspecified atom stereocenters. The summed E-state index contributed by atoms with van der Waals surface area (Å²) in [6, 6.07) is 8.08. The standard InChI is InChI=1S/C26H34ClN5O3/c1-16(17-6-8-22(20(27)13-17)31-11-3-4-24(31)33)15-28-23-14-21(29-30-23)18-5-7-19(12-18)32(25(34)35)26(2)9-10-26/h6,8,13-14,16,18-19H,3-5,7,9-12,15H2,1-2H3,(H,34,35)(H2,28,29,30)/t16?,18-,19+/m0/s1. The Hall–Kier alpha value is -2.74. The van der Waals surface area contributed by atoms with Crippen molar-refractivity contribution >= 4 is 35.1 Å². The van der Waals surface area contributed by atoms with E-state index in [1.54, 1.807) is 9.80 Å². The fraction of sp³-hybridized carbons (Fsp3) is 0.577. The van der Waals surface area contributed by atoms with Gasteiger partial charge in [0.05, 0.1) is 16.4 Å². The van der Waals surface area contributed by atoms with E-state index < -0.39 is 6.09 Å². The summed E-state index contributed by atoms with van der Waals surface area (Å²) in [7, 11) is 0. The second-order valence-corrected chi connectivity index (χ2v) is 11.1. The van der Waals surface area contributed by atoms with Gasteiger partial charge in [0.25, 0.3) is 0 Å². The smallest absolute Gasteiger partial charge is 0.408 e. The number of anilines is 2. The molecule has 1 aromatic carbocycles. The van der Waals surface area contributed by atoms with Crippen LogP contribution in [0.3, 0.4) is 0 Å². The number of aromatic nitrogens is 2. The number of hydrogen-bond donors (Lipinski definition) is 3. The molecule has 5 rings (SSSR count). The molecule has 188 valence electrons. The van der Waals surface area contributed by atoms with E-state index in [1.165, 1.54) is 0 Å². The molecular formula is C26H34ClN5O3. The van der Waals surface area contributed by atoms with Gasteiger partial charge >= 0.3 is 6.09 Å². The lowest BCUT2D eigenvalue weighted by molar-refractivity contribution is -0.117. The predicted molar refractivity (Wildman–Crippen MR) is 136 cm³/mol. The number of H-pyrrole nitrogens is 1. The topological polar surface area (TPSA) is 102 Å². The molecule has 2 saturated carbocycles. The van der Waals surface area contributed by atoms with E-state index in [0.29, 0.717) is 18.0 Å². The minimum Gasteiger partial charge on any atom is -0.465 e. The average molecular weight is 500 g/mol. The summed E-state index contributed by atoms with van der Waals surface area (Å²) in [6.07, 6.45) is 5.25. The zero-order chi connectivity index (χ0) is 24.7. The van der Waals surface area contributed by atoms with Crippen LogP contribution in [0.2, 0.25) is 5.02 Å². The van der Waals surface area contributed by atoms with Crippen molar-refractivity contribution in [2.24, 2.45) is 0 Å². The monoisotopic (exact) mass is 499 g/mol. The zero-order valence-corrected chi connectivity index (χ0v) is 21.1. The fourth-order valence-electron chi connectivity index (χ4n) is 5.68. The number of nitrogens with one attached hydrogen (secondary N) is 2. The van der Waals surface area contributed by atoms with Gasteiger partial charge < -0.3 is 15.3 Å². The van der Waals surface area contributed by atoms with Crippen LogP contribution in [-0.2, 0) is 4.79 Å². The van der Waals surface area contributed by atoms with Crippen LogP contribution in [0.25, 0.3) is 0 Å². The Morgan fingerprint density at radius 2 is 2.17 bits per heavy atom. The van der Waals surface area contributed by atoms with E-state index in [-0.39, 0.29) is 29.3 Å². The molecule has 0 spiro atoms. The Kier molecular flexibility index (Phi) is 6.42. The summed E-state index contributed by atoms with van der Waals surface area (Å²) in [5, 5.41) is 21.4. The van der Waals surface area contributed by atoms with E-state index in [4.69, 9.17) is 11.6 Å². The summed E-state index contributed by atoms with van der Waals surface area (Å²) in [5.74, 6) is 1.48. The van der Waals surface area contributed by atoms with Crippen LogP contribution in [0, 0.1) is 0 Å². The minimum absolute atomic E-state index is 0.0710. The molecule has 2 aromatic rings. The molecule has 8 nitrogen and oxygen atoms in total. The molecule has 3 N–H and O–H groups in total. The van der Waals surface area contributed by atoms with Crippen LogP contribution >= 0.6 is 11.6 Å². The maximum absolute atomic E-state index is 12.0. The number of benzene rings is 1. The van der Waals surface area contributed by atoms with Gasteiger partial charge in [-0.15, -0.1) is 0 Å². The molecule has 2 amide bonds. The molecule has 1 saturated heterocycles. The molecule has 3 atom stereocenters. The number of nitrogens with zero attached hydrogens (tertiary/aromatic N) is 3. The van der Waals surface area contributed by atoms with Crippen LogP contribution in [0.4, 0.5) is 16.3 Å². The number of carbonyl (C=O) groups excluding carboxylic acids is 1. The molecule has 9 heteroatoms. The average Bonchev–Trinajstić information content (AvgIpc) is 3.24. The molecule has 1 aromatic heterocycles. The summed E-state index contributed by atoms with van der Waals surface area (Å²) in [5.41, 5.74) is 2.73. The van der Waals surface area contributed by atoms with Crippen molar-refractivity contribution < 1.29 is 14.7 Å². The summed E-state index contributed by atoms with van der Waals surface area (Å²) in [6.45, 7) is 5.63. The highest BCUT2D eigenvalue weighted by molar-refractivity contribution is 6.34. The number of carboxylic acid groups (broad SMARTS) is 1. The van der Waals surface area contributed by atoms with E-state index in [1.807, 2.05) is 18.2 Å². The van der Waals surface area contributed by atoms with E-state index in [9.17, 15) is 14.7 Å². The molecule has 2 aliphatic carbocycles. The molecule has 35 heavy (non-hydrogen) atoms. The third-order valence-corrected chi connectivity index (χ3v) is 8.35. The van der Waals surface area contributed by atoms with Gasteiger partial charge in [0.2, 0.25) is 5.91 Å². The predicted octanol–water partition coefficient (Wildman–Crippen LogP) is 5.57. The first-order valence-electron chi connectivity index (χ1n) is 12.7. The minimum atomic E-state index is -0.797. The fourth-order valence-corrected chi connectivity index (χ4v) is 5.97. The molecular weight excluding hydrogens is 466 g/mol. The Labute approximate surface area is 211 Å². The third-order valence-electron chi connectivity index (χ3n) is 8.05. The quantitative estimate of drug-likeness (QED) is 0.440. The van der Waals surface area contributed by atoms with Crippen LogP contribution in [0.15, 0.2) is 24.3 Å². The van der Waals surface area contributed by atoms with Crippen LogP contribution in [0.1, 0.15) is 81.9 Å². The van der Waals surface area contributed by atoms with Gasteiger partial charge in [-0.25, -0.2) is 4.79 Å². The van der Waals surface area contributed by atoms with Gasteiger partial charge in [-0.05, 0) is 69.1 Å². The Balaban J connectivity index is 1.17. The molecule has 3 fully saturated rings. The van der Waals surface area contributed by atoms with Crippen molar-refractivity contribution in [3.05, 3.63) is 40.5 Å². The van der Waals surface area contributed by atoms with Crippen molar-refractivity contribution in [2.45, 2.75) is 82.2 Å². The lowest BCUT2D eigenvalue weighted by Gasteiger charge is -2.32. The van der Waals surface area contributed by atoms with Crippen LogP contribution < -0.4 is 10.2 Å². The van der Waals surface area contributed by atoms with Gasteiger partial charge in [-0.2, -0.15) is 5.10 Å². The maximum Gasteiger partial charge on any atom is 0.408 e. The molecule has 1 aliphatic heterocycles. The van der Waals surface area contributed by atoms with Crippen molar-refractivity contribution in [2.75, 3.05) is 23.3 Å². The number of halogens is 1. The van der Waals surface area contributed by atoms with E-state index in [2.05, 4.69) is 35.4 Å². The van der Waals surface area contributed by atoms with Gasteiger partial charge in [-0.1, -0.05) is 24.6 Å². The first-order chi connectivity index (χ1) is 16.7. The van der Waals surface area contributed by atoms with Crippen molar-refractivity contribution in [1.82, 2.24) is 15.1 Å². The van der Waals surface area contributed by atoms with Crippen molar-refractivity contribution in [1.29, 1.82) is 0 Å². The van der Waals surface area contributed by atoms with Gasteiger partial charge in [-0.3, -0.25) is 14.8 Å². The van der Waals surface area contributed by atoms with Crippen molar-refractivity contribution in [3.8, 4) is 0 Å². The summed E-state index contributed by atoms with van der Waals surface area (Å²) in [4.78, 5) is 27.4. The normalized spacial score (nSPS) is 24.0. The Morgan fingerprint density at radius 3 is 2.83 bits per heavy atom. The van der Waals surface area contributed by atoms with Gasteiger partial charge in [0, 0.05) is 43.1 Å². The molecule has 3 aliphatic rings. The van der Waals surface area contributed by atoms with Crippen LogP contribution in [0.5, 0.6) is 0 Å². The third kappa shape index (κ3) is 4.85. The Bertz CT molecular complexity index is 1110. The number of rotatable bonds is 8. The van der Waals surface area contributed by atoms with Gasteiger partial charge in [0.15, 0.2) is 0 Å². The number of carbonyl (C=O) groups is 2. The molecule has 2 heterocycles. The molecule has 0 bridgehead atoms. The highest BCUT2D eigenvalue weighted by atomic mass is 35.5. The van der Waals surface area contributed by atoms with E-state index >= 15 is 0 Å². The number of hydrogen-bond acceptors (Lipinski definition) is 4. The number of amides is 2. The van der Waals surface area contributed by atoms with Gasteiger partial charge in [0.1, 0.15) is 5.82 Å².